The molecule has 0 fully saturated rings. The molecule has 1 amide bonds. The molecule has 0 bridgehead atoms. The van der Waals surface area contributed by atoms with Crippen LogP contribution in [0.2, 0.25) is 0 Å². The van der Waals surface area contributed by atoms with E-state index in [9.17, 15) is 13.2 Å². The van der Waals surface area contributed by atoms with Crippen molar-refractivity contribution in [2.24, 2.45) is 5.16 Å². The molecule has 0 spiro atoms. The number of para-hydroxylation sites is 1. The van der Waals surface area contributed by atoms with Gasteiger partial charge < -0.3 is 9.57 Å². The summed E-state index contributed by atoms with van der Waals surface area (Å²) in [5.41, 5.74) is -0.207. The van der Waals surface area contributed by atoms with Gasteiger partial charge in [0.1, 0.15) is 25.5 Å². The number of carbonyl (C=O) groups is 1. The molecule has 132 valence electrons. The van der Waals surface area contributed by atoms with Gasteiger partial charge in [-0.1, -0.05) is 17.3 Å². The highest BCUT2D eigenvalue weighted by molar-refractivity contribution is 7.85. The molecule has 1 aromatic carbocycles. The Kier molecular flexibility index (Phi) is 5.92. The standard InChI is InChI=1S/C13H13N5O6S/c1-22-17-11(12(19)18-25(20,21)23-2)9-5-3-4-6-10(9)24-13-15-7-14-8-16-13/h3-8H,1-2H3,(H,18,19)/b17-11+. The molecule has 1 N–H and O–H groups in total. The van der Waals surface area contributed by atoms with Crippen LogP contribution < -0.4 is 9.46 Å². The van der Waals surface area contributed by atoms with Crippen molar-refractivity contribution >= 4 is 21.9 Å². The Morgan fingerprint density at radius 1 is 1.16 bits per heavy atom. The quantitative estimate of drug-likeness (QED) is 0.529. The molecular formula is C13H13N5O6S. The number of benzene rings is 1. The highest BCUT2D eigenvalue weighted by atomic mass is 32.2. The smallest absolute Gasteiger partial charge is 0.362 e. The number of nitrogens with zero attached hydrogens (tertiary/aromatic N) is 4. The molecule has 1 heterocycles. The summed E-state index contributed by atoms with van der Waals surface area (Å²) in [4.78, 5) is 28.1. The van der Waals surface area contributed by atoms with Gasteiger partial charge in [0.05, 0.1) is 12.7 Å². The molecule has 0 radical (unpaired) electrons. The van der Waals surface area contributed by atoms with Crippen LogP contribution in [0.25, 0.3) is 0 Å². The fourth-order valence-electron chi connectivity index (χ4n) is 1.64. The lowest BCUT2D eigenvalue weighted by Gasteiger charge is -2.11. The Labute approximate surface area is 142 Å². The minimum atomic E-state index is -4.27. The molecule has 0 atom stereocenters. The monoisotopic (exact) mass is 367 g/mol. The van der Waals surface area contributed by atoms with Gasteiger partial charge in [-0.15, -0.1) is 0 Å². The van der Waals surface area contributed by atoms with E-state index >= 15 is 0 Å². The van der Waals surface area contributed by atoms with Crippen molar-refractivity contribution in [1.82, 2.24) is 19.7 Å². The first kappa shape index (κ1) is 18.2. The predicted octanol–water partition coefficient (Wildman–Crippen LogP) is 0.0218. The van der Waals surface area contributed by atoms with Gasteiger partial charge in [0.15, 0.2) is 5.71 Å². The largest absolute Gasteiger partial charge is 0.423 e. The number of carbonyl (C=O) groups excluding carboxylic acids is 1. The van der Waals surface area contributed by atoms with Gasteiger partial charge >= 0.3 is 16.3 Å². The van der Waals surface area contributed by atoms with E-state index in [0.717, 1.165) is 7.11 Å². The van der Waals surface area contributed by atoms with E-state index in [1.165, 1.54) is 31.9 Å². The molecule has 0 aliphatic heterocycles. The van der Waals surface area contributed by atoms with E-state index in [4.69, 9.17) is 4.74 Å². The molecule has 11 nitrogen and oxygen atoms in total. The van der Waals surface area contributed by atoms with E-state index in [1.54, 1.807) is 16.9 Å². The minimum Gasteiger partial charge on any atom is -0.423 e. The second-order valence-electron chi connectivity index (χ2n) is 4.19. The maximum Gasteiger partial charge on any atom is 0.362 e. The third-order valence-electron chi connectivity index (χ3n) is 2.65. The number of rotatable bonds is 7. The molecule has 0 unspecified atom stereocenters. The third-order valence-corrected chi connectivity index (χ3v) is 3.52. The maximum atomic E-state index is 12.2. The molecule has 0 saturated heterocycles. The summed E-state index contributed by atoms with van der Waals surface area (Å²) in [5, 5.41) is 3.57. The first-order valence-corrected chi connectivity index (χ1v) is 8.00. The molecule has 12 heteroatoms. The highest BCUT2D eigenvalue weighted by Gasteiger charge is 2.24. The summed E-state index contributed by atoms with van der Waals surface area (Å²) >= 11 is 0. The van der Waals surface area contributed by atoms with E-state index in [-0.39, 0.29) is 23.0 Å². The van der Waals surface area contributed by atoms with Crippen LogP contribution in [0.3, 0.4) is 0 Å². The molecule has 0 aliphatic carbocycles. The average Bonchev–Trinajstić information content (AvgIpc) is 2.61. The van der Waals surface area contributed by atoms with Gasteiger partial charge in [-0.05, 0) is 12.1 Å². The first-order chi connectivity index (χ1) is 12.0. The third kappa shape index (κ3) is 4.92. The van der Waals surface area contributed by atoms with Crippen molar-refractivity contribution in [2.45, 2.75) is 0 Å². The Morgan fingerprint density at radius 2 is 1.84 bits per heavy atom. The zero-order valence-corrected chi connectivity index (χ0v) is 13.9. The molecule has 0 saturated carbocycles. The van der Waals surface area contributed by atoms with Crippen molar-refractivity contribution in [3.05, 3.63) is 42.5 Å². The lowest BCUT2D eigenvalue weighted by molar-refractivity contribution is -0.113. The van der Waals surface area contributed by atoms with Crippen molar-refractivity contribution < 1.29 is 27.0 Å². The Hall–Kier alpha value is -3.12. The molecule has 25 heavy (non-hydrogen) atoms. The van der Waals surface area contributed by atoms with E-state index in [1.807, 2.05) is 0 Å². The van der Waals surface area contributed by atoms with Gasteiger partial charge in [-0.25, -0.2) is 9.71 Å². The van der Waals surface area contributed by atoms with Gasteiger partial charge in [0.2, 0.25) is 0 Å². The van der Waals surface area contributed by atoms with Crippen molar-refractivity contribution in [2.75, 3.05) is 14.2 Å². The number of amides is 1. The Balaban J connectivity index is 2.39. The summed E-state index contributed by atoms with van der Waals surface area (Å²) in [6.07, 6.45) is 2.46. The Bertz CT molecular complexity index is 871. The van der Waals surface area contributed by atoms with Gasteiger partial charge in [0, 0.05) is 0 Å². The zero-order valence-electron chi connectivity index (χ0n) is 13.1. The van der Waals surface area contributed by atoms with E-state index < -0.39 is 16.2 Å². The second-order valence-corrected chi connectivity index (χ2v) is 5.64. The predicted molar refractivity (Wildman–Crippen MR) is 84.0 cm³/mol. The number of hydrogen-bond donors (Lipinski definition) is 1. The van der Waals surface area contributed by atoms with Crippen LogP contribution in [-0.4, -0.2) is 49.2 Å². The number of hydrogen-bond acceptors (Lipinski definition) is 10. The van der Waals surface area contributed by atoms with Crippen LogP contribution in [0.5, 0.6) is 11.8 Å². The van der Waals surface area contributed by atoms with Gasteiger partial charge in [0.25, 0.3) is 5.91 Å². The normalized spacial score (nSPS) is 11.7. The first-order valence-electron chi connectivity index (χ1n) is 6.60. The summed E-state index contributed by atoms with van der Waals surface area (Å²) < 4.78 is 34.2. The molecule has 2 aromatic rings. The second kappa shape index (κ2) is 8.12. The summed E-state index contributed by atoms with van der Waals surface area (Å²) in [6.45, 7) is 0. The molecular weight excluding hydrogens is 354 g/mol. The molecule has 0 aliphatic rings. The molecule has 2 rings (SSSR count). The number of nitrogens with one attached hydrogen (secondary N) is 1. The van der Waals surface area contributed by atoms with Crippen molar-refractivity contribution in [3.63, 3.8) is 0 Å². The number of aromatic nitrogens is 3. The van der Waals surface area contributed by atoms with Gasteiger partial charge in [-0.2, -0.15) is 18.4 Å². The lowest BCUT2D eigenvalue weighted by Crippen LogP contribution is -2.37. The van der Waals surface area contributed by atoms with Gasteiger partial charge in [-0.3, -0.25) is 8.98 Å². The fraction of sp³-hybridized carbons (Fsp3) is 0.154. The van der Waals surface area contributed by atoms with Crippen LogP contribution in [0.4, 0.5) is 0 Å². The fourth-order valence-corrected chi connectivity index (χ4v) is 2.05. The van der Waals surface area contributed by atoms with Crippen molar-refractivity contribution in [3.8, 4) is 11.8 Å². The van der Waals surface area contributed by atoms with Crippen molar-refractivity contribution in [1.29, 1.82) is 0 Å². The minimum absolute atomic E-state index is 0.0239. The topological polar surface area (TPSA) is 142 Å². The van der Waals surface area contributed by atoms with Crippen LogP contribution in [0.1, 0.15) is 5.56 Å². The van der Waals surface area contributed by atoms with Crippen LogP contribution in [-0.2, 0) is 24.1 Å². The average molecular weight is 367 g/mol. The number of oxime groups is 1. The van der Waals surface area contributed by atoms with E-state index in [2.05, 4.69) is 29.1 Å². The SMILES string of the molecule is CO/N=C(/C(=O)NS(=O)(=O)OC)c1ccccc1Oc1ncncn1. The maximum absolute atomic E-state index is 12.2. The summed E-state index contributed by atoms with van der Waals surface area (Å²) in [5.74, 6) is -0.926. The van der Waals surface area contributed by atoms with E-state index in [0.29, 0.717) is 0 Å². The van der Waals surface area contributed by atoms with Crippen LogP contribution in [0.15, 0.2) is 42.1 Å². The zero-order chi connectivity index (χ0) is 18.3. The highest BCUT2D eigenvalue weighted by Crippen LogP contribution is 2.23. The van der Waals surface area contributed by atoms with Crippen LogP contribution >= 0.6 is 0 Å². The number of ether oxygens (including phenoxy) is 1. The summed E-state index contributed by atoms with van der Waals surface area (Å²) in [6, 6.07) is 6.20. The Morgan fingerprint density at radius 3 is 2.48 bits per heavy atom. The summed E-state index contributed by atoms with van der Waals surface area (Å²) in [7, 11) is -2.17. The van der Waals surface area contributed by atoms with Crippen LogP contribution in [0, 0.1) is 0 Å². The molecule has 1 aromatic heterocycles. The lowest BCUT2D eigenvalue weighted by atomic mass is 10.1.